The molecule has 0 fully saturated rings. The Bertz CT molecular complexity index is 566. The molecular weight excluding hydrogens is 276 g/mol. The lowest BCUT2D eigenvalue weighted by atomic mass is 10.2. The molecule has 0 aliphatic heterocycles. The fourth-order valence-electron chi connectivity index (χ4n) is 1.57. The fraction of sp³-hybridized carbons (Fsp3) is 0.286. The molecule has 1 aromatic heterocycles. The number of benzene rings is 1. The van der Waals surface area contributed by atoms with E-state index in [0.29, 0.717) is 13.2 Å². The molecule has 5 nitrogen and oxygen atoms in total. The van der Waals surface area contributed by atoms with Crippen LogP contribution in [0.2, 0.25) is 0 Å². The number of esters is 1. The molecule has 6 heteroatoms. The van der Waals surface area contributed by atoms with Crippen LogP contribution >= 0.6 is 11.3 Å². The van der Waals surface area contributed by atoms with E-state index >= 15 is 0 Å². The second-order valence-corrected chi connectivity index (χ2v) is 5.16. The van der Waals surface area contributed by atoms with Gasteiger partial charge in [0.2, 0.25) is 0 Å². The SMILES string of the molecule is CC(=O)OCCOc1ccc(-c2ncc(CN)s2)cc1. The van der Waals surface area contributed by atoms with E-state index in [1.807, 2.05) is 24.3 Å². The summed E-state index contributed by atoms with van der Waals surface area (Å²) in [5.74, 6) is 0.430. The number of nitrogens with two attached hydrogens (primary N) is 1. The fourth-order valence-corrected chi connectivity index (χ4v) is 2.37. The lowest BCUT2D eigenvalue weighted by molar-refractivity contribution is -0.141. The van der Waals surface area contributed by atoms with Gasteiger partial charge in [0.05, 0.1) is 0 Å². The van der Waals surface area contributed by atoms with E-state index in [1.54, 1.807) is 17.5 Å². The van der Waals surface area contributed by atoms with Crippen molar-refractivity contribution in [3.63, 3.8) is 0 Å². The zero-order chi connectivity index (χ0) is 14.4. The van der Waals surface area contributed by atoms with Gasteiger partial charge in [0.1, 0.15) is 24.0 Å². The van der Waals surface area contributed by atoms with E-state index in [2.05, 4.69) is 4.98 Å². The first-order valence-corrected chi connectivity index (χ1v) is 7.02. The Morgan fingerprint density at radius 1 is 1.30 bits per heavy atom. The topological polar surface area (TPSA) is 74.4 Å². The third-order valence-corrected chi connectivity index (χ3v) is 3.58. The summed E-state index contributed by atoms with van der Waals surface area (Å²) in [6.45, 7) is 2.48. The largest absolute Gasteiger partial charge is 0.490 e. The number of carbonyl (C=O) groups excluding carboxylic acids is 1. The van der Waals surface area contributed by atoms with Crippen LogP contribution in [-0.4, -0.2) is 24.2 Å². The third kappa shape index (κ3) is 4.04. The molecule has 0 amide bonds. The monoisotopic (exact) mass is 292 g/mol. The molecule has 2 rings (SSSR count). The minimum absolute atomic E-state index is 0.253. The summed E-state index contributed by atoms with van der Waals surface area (Å²) in [6, 6.07) is 7.62. The van der Waals surface area contributed by atoms with E-state index in [4.69, 9.17) is 15.2 Å². The Balaban J connectivity index is 1.91. The molecule has 0 atom stereocenters. The van der Waals surface area contributed by atoms with Gasteiger partial charge in [0, 0.05) is 30.1 Å². The lowest BCUT2D eigenvalue weighted by Crippen LogP contribution is -2.09. The number of nitrogens with zero attached hydrogens (tertiary/aromatic N) is 1. The summed E-state index contributed by atoms with van der Waals surface area (Å²) in [5.41, 5.74) is 6.60. The number of rotatable bonds is 6. The molecule has 0 spiro atoms. The Hall–Kier alpha value is -1.92. The van der Waals surface area contributed by atoms with Gasteiger partial charge >= 0.3 is 5.97 Å². The Morgan fingerprint density at radius 3 is 2.65 bits per heavy atom. The molecule has 0 bridgehead atoms. The minimum atomic E-state index is -0.302. The first-order valence-electron chi connectivity index (χ1n) is 6.20. The third-order valence-electron chi connectivity index (χ3n) is 2.51. The quantitative estimate of drug-likeness (QED) is 0.652. The zero-order valence-electron chi connectivity index (χ0n) is 11.2. The van der Waals surface area contributed by atoms with Crippen molar-refractivity contribution in [3.05, 3.63) is 35.3 Å². The average Bonchev–Trinajstić information content (AvgIpc) is 2.93. The minimum Gasteiger partial charge on any atom is -0.490 e. The molecule has 1 aromatic carbocycles. The van der Waals surface area contributed by atoms with Crippen LogP contribution in [0.1, 0.15) is 11.8 Å². The number of aromatic nitrogens is 1. The molecule has 0 radical (unpaired) electrons. The normalized spacial score (nSPS) is 10.3. The van der Waals surface area contributed by atoms with Crippen molar-refractivity contribution in [2.75, 3.05) is 13.2 Å². The summed E-state index contributed by atoms with van der Waals surface area (Å²) >= 11 is 1.58. The van der Waals surface area contributed by atoms with E-state index < -0.39 is 0 Å². The smallest absolute Gasteiger partial charge is 0.302 e. The molecule has 20 heavy (non-hydrogen) atoms. The van der Waals surface area contributed by atoms with Gasteiger partial charge in [-0.05, 0) is 24.3 Å². The zero-order valence-corrected chi connectivity index (χ0v) is 12.0. The molecule has 0 saturated heterocycles. The van der Waals surface area contributed by atoms with Crippen LogP contribution in [0.4, 0.5) is 0 Å². The second kappa shape index (κ2) is 7.02. The summed E-state index contributed by atoms with van der Waals surface area (Å²) in [5, 5.41) is 0.942. The number of ether oxygens (including phenoxy) is 2. The standard InChI is InChI=1S/C14H16N2O3S/c1-10(17)18-6-7-19-12-4-2-11(3-5-12)14-16-9-13(8-15)20-14/h2-5,9H,6-8,15H2,1H3. The summed E-state index contributed by atoms with van der Waals surface area (Å²) < 4.78 is 10.2. The highest BCUT2D eigenvalue weighted by Gasteiger charge is 2.04. The molecule has 0 unspecified atom stereocenters. The number of thiazole rings is 1. The molecule has 0 aliphatic rings. The van der Waals surface area contributed by atoms with Gasteiger partial charge in [0.15, 0.2) is 0 Å². The molecule has 1 heterocycles. The van der Waals surface area contributed by atoms with E-state index in [9.17, 15) is 4.79 Å². The molecule has 106 valence electrons. The van der Waals surface area contributed by atoms with E-state index in [0.717, 1.165) is 21.2 Å². The number of hydrogen-bond donors (Lipinski definition) is 1. The van der Waals surface area contributed by atoms with Crippen LogP contribution < -0.4 is 10.5 Å². The van der Waals surface area contributed by atoms with Crippen molar-refractivity contribution in [2.24, 2.45) is 5.73 Å². The lowest BCUT2D eigenvalue weighted by Gasteiger charge is -2.06. The number of hydrogen-bond acceptors (Lipinski definition) is 6. The van der Waals surface area contributed by atoms with Crippen molar-refractivity contribution < 1.29 is 14.3 Å². The maximum absolute atomic E-state index is 10.6. The maximum atomic E-state index is 10.6. The molecular formula is C14H16N2O3S. The van der Waals surface area contributed by atoms with Gasteiger partial charge in [-0.2, -0.15) is 0 Å². The van der Waals surface area contributed by atoms with Gasteiger partial charge in [-0.1, -0.05) is 0 Å². The maximum Gasteiger partial charge on any atom is 0.302 e. The number of carbonyl (C=O) groups is 1. The predicted octanol–water partition coefficient (Wildman–Crippen LogP) is 2.21. The van der Waals surface area contributed by atoms with E-state index in [1.165, 1.54) is 6.92 Å². The summed E-state index contributed by atoms with van der Waals surface area (Å²) in [7, 11) is 0. The van der Waals surface area contributed by atoms with Crippen molar-refractivity contribution in [3.8, 4) is 16.3 Å². The summed E-state index contributed by atoms with van der Waals surface area (Å²) in [4.78, 5) is 16.0. The van der Waals surface area contributed by atoms with Crippen LogP contribution in [-0.2, 0) is 16.1 Å². The highest BCUT2D eigenvalue weighted by atomic mass is 32.1. The summed E-state index contributed by atoms with van der Waals surface area (Å²) in [6.07, 6.45) is 1.80. The van der Waals surface area contributed by atoms with Crippen molar-refractivity contribution in [1.82, 2.24) is 4.98 Å². The highest BCUT2D eigenvalue weighted by Crippen LogP contribution is 2.26. The second-order valence-electron chi connectivity index (χ2n) is 4.05. The van der Waals surface area contributed by atoms with Crippen molar-refractivity contribution in [2.45, 2.75) is 13.5 Å². The van der Waals surface area contributed by atoms with Crippen LogP contribution in [0.15, 0.2) is 30.5 Å². The van der Waals surface area contributed by atoms with Gasteiger partial charge < -0.3 is 15.2 Å². The predicted molar refractivity (Wildman–Crippen MR) is 77.6 cm³/mol. The van der Waals surface area contributed by atoms with Crippen molar-refractivity contribution in [1.29, 1.82) is 0 Å². The molecule has 0 saturated carbocycles. The molecule has 2 aromatic rings. The molecule has 2 N–H and O–H groups in total. The van der Waals surface area contributed by atoms with Crippen molar-refractivity contribution >= 4 is 17.3 Å². The van der Waals surface area contributed by atoms with Crippen LogP contribution in [0.5, 0.6) is 5.75 Å². The Kier molecular flexibility index (Phi) is 5.09. The van der Waals surface area contributed by atoms with Crippen LogP contribution in [0.3, 0.4) is 0 Å². The van der Waals surface area contributed by atoms with Crippen LogP contribution in [0.25, 0.3) is 10.6 Å². The van der Waals surface area contributed by atoms with E-state index in [-0.39, 0.29) is 12.6 Å². The average molecular weight is 292 g/mol. The van der Waals surface area contributed by atoms with Crippen LogP contribution in [0, 0.1) is 0 Å². The first kappa shape index (κ1) is 14.5. The van der Waals surface area contributed by atoms with Gasteiger partial charge in [-0.3, -0.25) is 4.79 Å². The van der Waals surface area contributed by atoms with Gasteiger partial charge in [-0.25, -0.2) is 4.98 Å². The molecule has 0 aliphatic carbocycles. The first-order chi connectivity index (χ1) is 9.69. The Morgan fingerprint density at radius 2 is 2.05 bits per heavy atom. The van der Waals surface area contributed by atoms with Gasteiger partial charge in [0.25, 0.3) is 0 Å². The van der Waals surface area contributed by atoms with Gasteiger partial charge in [-0.15, -0.1) is 11.3 Å². The Labute approximate surface area is 121 Å². The highest BCUT2D eigenvalue weighted by molar-refractivity contribution is 7.15.